The minimum Gasteiger partial charge on any atom is -0.326 e. The lowest BCUT2D eigenvalue weighted by molar-refractivity contribution is -0.119. The van der Waals surface area contributed by atoms with Crippen LogP contribution in [-0.2, 0) is 4.79 Å². The number of anilines is 2. The zero-order valence-corrected chi connectivity index (χ0v) is 15.3. The SMILES string of the molecule is C=C1Nc2nnnn2C(c2ccc(Cl)c(Cl)c2)C1C(=O)Nc1cccnc1. The van der Waals surface area contributed by atoms with Crippen LogP contribution >= 0.6 is 23.2 Å². The fourth-order valence-electron chi connectivity index (χ4n) is 3.00. The van der Waals surface area contributed by atoms with Crippen molar-refractivity contribution < 1.29 is 4.79 Å². The van der Waals surface area contributed by atoms with Crippen molar-refractivity contribution in [2.24, 2.45) is 5.92 Å². The van der Waals surface area contributed by atoms with Gasteiger partial charge in [-0.05, 0) is 40.3 Å². The average Bonchev–Trinajstić information content (AvgIpc) is 3.11. The summed E-state index contributed by atoms with van der Waals surface area (Å²) in [6.45, 7) is 4.00. The Bertz CT molecular complexity index is 1020. The maximum Gasteiger partial charge on any atom is 0.247 e. The van der Waals surface area contributed by atoms with Crippen LogP contribution in [0.5, 0.6) is 0 Å². The average molecular weight is 402 g/mol. The number of nitrogens with zero attached hydrogens (tertiary/aromatic N) is 5. The van der Waals surface area contributed by atoms with Crippen molar-refractivity contribution in [1.29, 1.82) is 0 Å². The molecule has 136 valence electrons. The molecular weight excluding hydrogens is 389 g/mol. The molecule has 2 unspecified atom stereocenters. The molecule has 3 aromatic rings. The Hall–Kier alpha value is -2.97. The van der Waals surface area contributed by atoms with Crippen LogP contribution in [-0.4, -0.2) is 31.1 Å². The Morgan fingerprint density at radius 3 is 2.85 bits per heavy atom. The van der Waals surface area contributed by atoms with Crippen molar-refractivity contribution in [3.63, 3.8) is 0 Å². The number of aromatic nitrogens is 5. The number of carbonyl (C=O) groups excluding carboxylic acids is 1. The van der Waals surface area contributed by atoms with Gasteiger partial charge in [-0.2, -0.15) is 0 Å². The molecule has 2 N–H and O–H groups in total. The van der Waals surface area contributed by atoms with Gasteiger partial charge in [0.1, 0.15) is 5.92 Å². The zero-order valence-electron chi connectivity index (χ0n) is 13.8. The first-order valence-electron chi connectivity index (χ1n) is 7.94. The predicted octanol–water partition coefficient (Wildman–Crippen LogP) is 3.16. The van der Waals surface area contributed by atoms with Crippen LogP contribution < -0.4 is 10.6 Å². The van der Waals surface area contributed by atoms with Gasteiger partial charge in [-0.1, -0.05) is 40.9 Å². The molecule has 2 atom stereocenters. The molecule has 3 heterocycles. The molecule has 0 aliphatic carbocycles. The number of fused-ring (bicyclic) bond motifs is 1. The molecular formula is C17H13Cl2N7O. The van der Waals surface area contributed by atoms with E-state index in [1.165, 1.54) is 4.68 Å². The third-order valence-corrected chi connectivity index (χ3v) is 4.96. The monoisotopic (exact) mass is 401 g/mol. The van der Waals surface area contributed by atoms with Crippen molar-refractivity contribution in [3.05, 3.63) is 70.6 Å². The molecule has 0 saturated carbocycles. The molecule has 1 aliphatic rings. The minimum atomic E-state index is -0.696. The summed E-state index contributed by atoms with van der Waals surface area (Å²) in [5.41, 5.74) is 1.77. The quantitative estimate of drug-likeness (QED) is 0.699. The minimum absolute atomic E-state index is 0.280. The van der Waals surface area contributed by atoms with Gasteiger partial charge in [-0.25, -0.2) is 4.68 Å². The number of rotatable bonds is 3. The van der Waals surface area contributed by atoms with Gasteiger partial charge >= 0.3 is 0 Å². The number of halogens is 2. The third kappa shape index (κ3) is 3.24. The first kappa shape index (κ1) is 17.4. The fraction of sp³-hybridized carbons (Fsp3) is 0.118. The highest BCUT2D eigenvalue weighted by Crippen LogP contribution is 2.39. The van der Waals surface area contributed by atoms with Crippen LogP contribution in [0.4, 0.5) is 11.6 Å². The van der Waals surface area contributed by atoms with E-state index in [1.54, 1.807) is 42.7 Å². The number of hydrogen-bond donors (Lipinski definition) is 2. The highest BCUT2D eigenvalue weighted by molar-refractivity contribution is 6.42. The number of benzene rings is 1. The second-order valence-corrected chi connectivity index (χ2v) is 6.74. The smallest absolute Gasteiger partial charge is 0.247 e. The van der Waals surface area contributed by atoms with E-state index in [2.05, 4.69) is 37.7 Å². The predicted molar refractivity (Wildman–Crippen MR) is 102 cm³/mol. The van der Waals surface area contributed by atoms with Gasteiger partial charge in [0.2, 0.25) is 11.9 Å². The summed E-state index contributed by atoms with van der Waals surface area (Å²) in [5.74, 6) is -0.585. The lowest BCUT2D eigenvalue weighted by Crippen LogP contribution is -2.39. The maximum absolute atomic E-state index is 13.1. The molecule has 0 saturated heterocycles. The van der Waals surface area contributed by atoms with Crippen LogP contribution in [0.1, 0.15) is 11.6 Å². The van der Waals surface area contributed by atoms with E-state index in [9.17, 15) is 4.79 Å². The van der Waals surface area contributed by atoms with Crippen molar-refractivity contribution in [1.82, 2.24) is 25.2 Å². The van der Waals surface area contributed by atoms with Crippen molar-refractivity contribution in [2.75, 3.05) is 10.6 Å². The molecule has 2 aromatic heterocycles. The molecule has 8 nitrogen and oxygen atoms in total. The third-order valence-electron chi connectivity index (χ3n) is 4.22. The van der Waals surface area contributed by atoms with E-state index in [1.807, 2.05) is 0 Å². The van der Waals surface area contributed by atoms with E-state index in [0.29, 0.717) is 27.4 Å². The first-order valence-corrected chi connectivity index (χ1v) is 8.69. The van der Waals surface area contributed by atoms with Crippen molar-refractivity contribution in [3.8, 4) is 0 Å². The first-order chi connectivity index (χ1) is 13.0. The molecule has 0 spiro atoms. The second kappa shape index (κ2) is 6.98. The Morgan fingerprint density at radius 2 is 2.11 bits per heavy atom. The Morgan fingerprint density at radius 1 is 1.26 bits per heavy atom. The largest absolute Gasteiger partial charge is 0.326 e. The molecule has 27 heavy (non-hydrogen) atoms. The maximum atomic E-state index is 13.1. The highest BCUT2D eigenvalue weighted by Gasteiger charge is 2.40. The second-order valence-electron chi connectivity index (χ2n) is 5.92. The summed E-state index contributed by atoms with van der Waals surface area (Å²) >= 11 is 12.2. The Balaban J connectivity index is 1.76. The van der Waals surface area contributed by atoms with E-state index < -0.39 is 12.0 Å². The number of pyridine rings is 1. The number of amides is 1. The van der Waals surface area contributed by atoms with Crippen LogP contribution in [0.3, 0.4) is 0 Å². The molecule has 0 fully saturated rings. The van der Waals surface area contributed by atoms with Gasteiger partial charge < -0.3 is 10.6 Å². The summed E-state index contributed by atoms with van der Waals surface area (Å²) in [5, 5.41) is 18.3. The van der Waals surface area contributed by atoms with Crippen LogP contribution in [0, 0.1) is 5.92 Å². The van der Waals surface area contributed by atoms with Gasteiger partial charge in [-0.3, -0.25) is 9.78 Å². The highest BCUT2D eigenvalue weighted by atomic mass is 35.5. The van der Waals surface area contributed by atoms with Gasteiger partial charge in [0.25, 0.3) is 0 Å². The van der Waals surface area contributed by atoms with Gasteiger partial charge in [0.15, 0.2) is 0 Å². The fourth-order valence-corrected chi connectivity index (χ4v) is 3.31. The Labute approximate surface area is 164 Å². The lowest BCUT2D eigenvalue weighted by Gasteiger charge is -2.33. The standard InChI is InChI=1S/C17H13Cl2N7O/c1-9-14(16(27)22-11-3-2-6-20-8-11)15(26-17(21-9)23-24-25-26)10-4-5-12(18)13(19)7-10/h2-8,14-15H,1H2,(H,22,27)(H,21,23,25). The van der Waals surface area contributed by atoms with E-state index >= 15 is 0 Å². The lowest BCUT2D eigenvalue weighted by atomic mass is 9.88. The summed E-state index contributed by atoms with van der Waals surface area (Å²) in [6, 6.07) is 8.09. The summed E-state index contributed by atoms with van der Waals surface area (Å²) in [6.07, 6.45) is 3.19. The van der Waals surface area contributed by atoms with Crippen molar-refractivity contribution in [2.45, 2.75) is 6.04 Å². The molecule has 0 radical (unpaired) electrons. The Kier molecular flexibility index (Phi) is 4.51. The van der Waals surface area contributed by atoms with Gasteiger partial charge in [0, 0.05) is 11.9 Å². The molecule has 1 aromatic carbocycles. The number of tetrazole rings is 1. The van der Waals surface area contributed by atoms with Gasteiger partial charge in [-0.15, -0.1) is 0 Å². The molecule has 1 aliphatic heterocycles. The normalized spacial score (nSPS) is 18.5. The van der Waals surface area contributed by atoms with Crippen LogP contribution in [0.15, 0.2) is 55.0 Å². The van der Waals surface area contributed by atoms with E-state index in [-0.39, 0.29) is 5.91 Å². The number of nitrogens with one attached hydrogen (secondary N) is 2. The van der Waals surface area contributed by atoms with Gasteiger partial charge in [0.05, 0.1) is 28.0 Å². The van der Waals surface area contributed by atoms with E-state index in [4.69, 9.17) is 23.2 Å². The zero-order chi connectivity index (χ0) is 19.0. The van der Waals surface area contributed by atoms with Crippen molar-refractivity contribution >= 4 is 40.7 Å². The van der Waals surface area contributed by atoms with E-state index in [0.717, 1.165) is 5.56 Å². The van der Waals surface area contributed by atoms with Crippen LogP contribution in [0.2, 0.25) is 10.0 Å². The summed E-state index contributed by atoms with van der Waals surface area (Å²) in [4.78, 5) is 17.1. The number of carbonyl (C=O) groups is 1. The summed E-state index contributed by atoms with van der Waals surface area (Å²) < 4.78 is 1.53. The summed E-state index contributed by atoms with van der Waals surface area (Å²) in [7, 11) is 0. The topological polar surface area (TPSA) is 97.6 Å². The molecule has 4 rings (SSSR count). The molecule has 1 amide bonds. The molecule has 0 bridgehead atoms. The van der Waals surface area contributed by atoms with Crippen LogP contribution in [0.25, 0.3) is 0 Å². The molecule has 10 heteroatoms. The number of hydrogen-bond acceptors (Lipinski definition) is 6.